The molecular weight excluding hydrogens is 321 g/mol. The molecule has 1 amide bonds. The lowest BCUT2D eigenvalue weighted by Gasteiger charge is -2.43. The molecule has 2 aliphatic rings. The summed E-state index contributed by atoms with van der Waals surface area (Å²) >= 11 is 0. The highest BCUT2D eigenvalue weighted by molar-refractivity contribution is 5.91. The number of hydrogen-bond donors (Lipinski definition) is 2. The molecule has 2 saturated carbocycles. The number of carbonyl (C=O) groups excluding carboxylic acids is 1. The van der Waals surface area contributed by atoms with Crippen LogP contribution in [-0.4, -0.2) is 16.9 Å². The lowest BCUT2D eigenvalue weighted by molar-refractivity contribution is -0.122. The lowest BCUT2D eigenvalue weighted by Crippen LogP contribution is -2.48. The standard InChI is InChI=1S/C16H23N3O.2ClH/c1-10-5-6-14(18-9-10)19-16(20)13-7-11-3-2-4-12(8-13)15(11)17;;/h5-6,9,11-13,15H,2-4,7-8,17H2,1H3,(H,18,19,20);2*1H. The van der Waals surface area contributed by atoms with E-state index in [1.54, 1.807) is 6.20 Å². The molecule has 2 unspecified atom stereocenters. The number of anilines is 1. The molecule has 1 aromatic rings. The highest BCUT2D eigenvalue weighted by Crippen LogP contribution is 2.42. The molecule has 2 bridgehead atoms. The first-order valence-electron chi connectivity index (χ1n) is 7.62. The third kappa shape index (κ3) is 4.12. The summed E-state index contributed by atoms with van der Waals surface area (Å²) in [7, 11) is 0. The van der Waals surface area contributed by atoms with E-state index in [1.165, 1.54) is 19.3 Å². The number of nitrogens with two attached hydrogens (primary N) is 1. The predicted octanol–water partition coefficient (Wildman–Crippen LogP) is 3.33. The Kier molecular flexibility index (Phi) is 7.10. The van der Waals surface area contributed by atoms with Gasteiger partial charge in [0.1, 0.15) is 5.82 Å². The van der Waals surface area contributed by atoms with E-state index in [-0.39, 0.29) is 36.6 Å². The molecule has 2 atom stereocenters. The van der Waals surface area contributed by atoms with Crippen LogP contribution >= 0.6 is 24.8 Å². The molecule has 4 nitrogen and oxygen atoms in total. The van der Waals surface area contributed by atoms with Crippen molar-refractivity contribution in [1.82, 2.24) is 4.98 Å². The van der Waals surface area contributed by atoms with Crippen molar-refractivity contribution in [3.8, 4) is 0 Å². The predicted molar refractivity (Wildman–Crippen MR) is 93.6 cm³/mol. The van der Waals surface area contributed by atoms with Crippen LogP contribution in [0.3, 0.4) is 0 Å². The van der Waals surface area contributed by atoms with Crippen molar-refractivity contribution in [1.29, 1.82) is 0 Å². The van der Waals surface area contributed by atoms with Gasteiger partial charge < -0.3 is 11.1 Å². The minimum atomic E-state index is 0. The number of amides is 1. The van der Waals surface area contributed by atoms with Gasteiger partial charge in [-0.05, 0) is 56.1 Å². The van der Waals surface area contributed by atoms with Crippen LogP contribution < -0.4 is 11.1 Å². The maximum absolute atomic E-state index is 12.4. The van der Waals surface area contributed by atoms with Crippen molar-refractivity contribution in [2.24, 2.45) is 23.5 Å². The van der Waals surface area contributed by atoms with Crippen LogP contribution in [0.15, 0.2) is 18.3 Å². The van der Waals surface area contributed by atoms with Gasteiger partial charge in [0.25, 0.3) is 0 Å². The Morgan fingerprint density at radius 1 is 1.23 bits per heavy atom. The lowest BCUT2D eigenvalue weighted by atomic mass is 9.65. The third-order valence-electron chi connectivity index (χ3n) is 4.95. The van der Waals surface area contributed by atoms with Gasteiger partial charge in [-0.25, -0.2) is 4.98 Å². The van der Waals surface area contributed by atoms with E-state index < -0.39 is 0 Å². The van der Waals surface area contributed by atoms with Crippen molar-refractivity contribution in [2.75, 3.05) is 5.32 Å². The summed E-state index contributed by atoms with van der Waals surface area (Å²) in [6, 6.07) is 4.14. The molecule has 22 heavy (non-hydrogen) atoms. The van der Waals surface area contributed by atoms with Crippen LogP contribution in [-0.2, 0) is 4.79 Å². The number of hydrogen-bond acceptors (Lipinski definition) is 3. The zero-order valence-corrected chi connectivity index (χ0v) is 14.5. The molecule has 0 spiro atoms. The molecule has 0 saturated heterocycles. The fraction of sp³-hybridized carbons (Fsp3) is 0.625. The normalized spacial score (nSPS) is 29.7. The van der Waals surface area contributed by atoms with Gasteiger partial charge in [-0.1, -0.05) is 12.5 Å². The molecular formula is C16H25Cl2N3O. The first-order valence-corrected chi connectivity index (χ1v) is 7.62. The van der Waals surface area contributed by atoms with Gasteiger partial charge in [0, 0.05) is 18.2 Å². The molecule has 0 aliphatic heterocycles. The first-order chi connectivity index (χ1) is 9.63. The van der Waals surface area contributed by atoms with Gasteiger partial charge in [0.05, 0.1) is 0 Å². The van der Waals surface area contributed by atoms with E-state index in [0.717, 1.165) is 18.4 Å². The highest BCUT2D eigenvalue weighted by atomic mass is 35.5. The molecule has 6 heteroatoms. The number of carbonyl (C=O) groups is 1. The molecule has 1 heterocycles. The Bertz CT molecular complexity index is 481. The molecule has 3 rings (SSSR count). The topological polar surface area (TPSA) is 68.0 Å². The number of nitrogens with zero attached hydrogens (tertiary/aromatic N) is 1. The summed E-state index contributed by atoms with van der Waals surface area (Å²) in [6.45, 7) is 1.99. The Hall–Kier alpha value is -0.840. The third-order valence-corrected chi connectivity index (χ3v) is 4.95. The molecule has 2 fully saturated rings. The summed E-state index contributed by atoms with van der Waals surface area (Å²) in [5.74, 6) is 1.94. The van der Waals surface area contributed by atoms with Crippen LogP contribution in [0.25, 0.3) is 0 Å². The van der Waals surface area contributed by atoms with Gasteiger partial charge in [-0.2, -0.15) is 0 Å². The molecule has 0 aromatic carbocycles. The average molecular weight is 346 g/mol. The number of halogens is 2. The van der Waals surface area contributed by atoms with Crippen molar-refractivity contribution >= 4 is 36.5 Å². The van der Waals surface area contributed by atoms with Crippen LogP contribution in [0.1, 0.15) is 37.7 Å². The number of rotatable bonds is 2. The zero-order valence-electron chi connectivity index (χ0n) is 12.8. The second kappa shape index (κ2) is 8.14. The minimum absolute atomic E-state index is 0. The summed E-state index contributed by atoms with van der Waals surface area (Å²) in [6.07, 6.45) is 7.30. The Morgan fingerprint density at radius 3 is 2.41 bits per heavy atom. The summed E-state index contributed by atoms with van der Waals surface area (Å²) in [4.78, 5) is 16.6. The summed E-state index contributed by atoms with van der Waals surface area (Å²) < 4.78 is 0. The second-order valence-electron chi connectivity index (χ2n) is 6.41. The maximum atomic E-state index is 12.4. The highest BCUT2D eigenvalue weighted by Gasteiger charge is 2.40. The largest absolute Gasteiger partial charge is 0.327 e. The van der Waals surface area contributed by atoms with E-state index in [2.05, 4.69) is 10.3 Å². The number of pyridine rings is 1. The van der Waals surface area contributed by atoms with Crippen LogP contribution in [0.2, 0.25) is 0 Å². The van der Waals surface area contributed by atoms with Gasteiger partial charge in [0.15, 0.2) is 0 Å². The van der Waals surface area contributed by atoms with E-state index in [4.69, 9.17) is 5.73 Å². The summed E-state index contributed by atoms with van der Waals surface area (Å²) in [5, 5.41) is 2.95. The van der Waals surface area contributed by atoms with Gasteiger partial charge >= 0.3 is 0 Å². The van der Waals surface area contributed by atoms with Crippen LogP contribution in [0.5, 0.6) is 0 Å². The fourth-order valence-electron chi connectivity index (χ4n) is 3.77. The zero-order chi connectivity index (χ0) is 14.1. The number of nitrogens with one attached hydrogen (secondary N) is 1. The first kappa shape index (κ1) is 19.2. The number of fused-ring (bicyclic) bond motifs is 2. The molecule has 0 radical (unpaired) electrons. The quantitative estimate of drug-likeness (QED) is 0.863. The van der Waals surface area contributed by atoms with Crippen LogP contribution in [0, 0.1) is 24.7 Å². The van der Waals surface area contributed by atoms with E-state index in [9.17, 15) is 4.79 Å². The Balaban J connectivity index is 0.00000121. The van der Waals surface area contributed by atoms with E-state index in [1.807, 2.05) is 19.1 Å². The van der Waals surface area contributed by atoms with Gasteiger partial charge in [0.2, 0.25) is 5.91 Å². The SMILES string of the molecule is Cc1ccc(NC(=O)C2CC3CCCC(C2)C3N)nc1.Cl.Cl. The van der Waals surface area contributed by atoms with Crippen molar-refractivity contribution < 1.29 is 4.79 Å². The number of aryl methyl sites for hydroxylation is 1. The van der Waals surface area contributed by atoms with Crippen molar-refractivity contribution in [2.45, 2.75) is 45.1 Å². The van der Waals surface area contributed by atoms with E-state index in [0.29, 0.717) is 23.7 Å². The summed E-state index contributed by atoms with van der Waals surface area (Å²) in [5.41, 5.74) is 7.37. The smallest absolute Gasteiger partial charge is 0.228 e. The second-order valence-corrected chi connectivity index (χ2v) is 6.41. The Morgan fingerprint density at radius 2 is 1.86 bits per heavy atom. The molecule has 124 valence electrons. The molecule has 1 aromatic heterocycles. The Labute approximate surface area is 144 Å². The number of aromatic nitrogens is 1. The average Bonchev–Trinajstić information content (AvgIpc) is 2.41. The fourth-order valence-corrected chi connectivity index (χ4v) is 3.77. The maximum Gasteiger partial charge on any atom is 0.228 e. The van der Waals surface area contributed by atoms with Crippen LogP contribution in [0.4, 0.5) is 5.82 Å². The van der Waals surface area contributed by atoms with Crippen molar-refractivity contribution in [3.05, 3.63) is 23.9 Å². The molecule has 3 N–H and O–H groups in total. The van der Waals surface area contributed by atoms with E-state index >= 15 is 0 Å². The monoisotopic (exact) mass is 345 g/mol. The van der Waals surface area contributed by atoms with Gasteiger partial charge in [-0.15, -0.1) is 24.8 Å². The van der Waals surface area contributed by atoms with Gasteiger partial charge in [-0.3, -0.25) is 4.79 Å². The molecule has 2 aliphatic carbocycles. The minimum Gasteiger partial charge on any atom is -0.327 e. The van der Waals surface area contributed by atoms with Crippen molar-refractivity contribution in [3.63, 3.8) is 0 Å².